The van der Waals surface area contributed by atoms with Crippen molar-refractivity contribution in [2.45, 2.75) is 31.8 Å². The smallest absolute Gasteiger partial charge is 0.242 e. The van der Waals surface area contributed by atoms with Gasteiger partial charge in [0.15, 0.2) is 0 Å². The molecule has 0 saturated carbocycles. The molecule has 19 heavy (non-hydrogen) atoms. The number of benzene rings is 1. The van der Waals surface area contributed by atoms with Crippen molar-refractivity contribution in [3.8, 4) is 0 Å². The van der Waals surface area contributed by atoms with Gasteiger partial charge in [-0.25, -0.2) is 0 Å². The highest BCUT2D eigenvalue weighted by molar-refractivity contribution is 5.89. The van der Waals surface area contributed by atoms with Crippen LogP contribution in [0.5, 0.6) is 0 Å². The molecule has 2 amide bonds. The number of hydrogen-bond acceptors (Lipinski definition) is 3. The van der Waals surface area contributed by atoms with E-state index in [2.05, 4.69) is 10.6 Å². The third-order valence-corrected chi connectivity index (χ3v) is 2.92. The van der Waals surface area contributed by atoms with Crippen molar-refractivity contribution in [1.82, 2.24) is 10.6 Å². The van der Waals surface area contributed by atoms with Crippen LogP contribution < -0.4 is 16.4 Å². The van der Waals surface area contributed by atoms with E-state index < -0.39 is 12.1 Å². The van der Waals surface area contributed by atoms with Gasteiger partial charge in [-0.1, -0.05) is 30.3 Å². The first-order chi connectivity index (χ1) is 9.04. The summed E-state index contributed by atoms with van der Waals surface area (Å²) in [6, 6.07) is 8.67. The van der Waals surface area contributed by atoms with Gasteiger partial charge in [0, 0.05) is 7.05 Å². The molecule has 2 atom stereocenters. The van der Waals surface area contributed by atoms with Gasteiger partial charge in [0.25, 0.3) is 0 Å². The summed E-state index contributed by atoms with van der Waals surface area (Å²) in [4.78, 5) is 23.1. The fourth-order valence-electron chi connectivity index (χ4n) is 1.70. The average molecular weight is 263 g/mol. The maximum atomic E-state index is 11.8. The lowest BCUT2D eigenvalue weighted by molar-refractivity contribution is -0.129. The van der Waals surface area contributed by atoms with Crippen LogP contribution in [0.4, 0.5) is 0 Å². The number of hydrogen-bond donors (Lipinski definition) is 3. The second-order valence-corrected chi connectivity index (χ2v) is 4.48. The van der Waals surface area contributed by atoms with Crippen LogP contribution in [0.2, 0.25) is 0 Å². The minimum absolute atomic E-state index is 0.233. The summed E-state index contributed by atoms with van der Waals surface area (Å²) in [5.41, 5.74) is 6.95. The molecule has 5 heteroatoms. The molecule has 0 fully saturated rings. The minimum Gasteiger partial charge on any atom is -0.357 e. The first kappa shape index (κ1) is 15.2. The van der Waals surface area contributed by atoms with E-state index >= 15 is 0 Å². The van der Waals surface area contributed by atoms with E-state index in [0.717, 1.165) is 12.0 Å². The zero-order valence-electron chi connectivity index (χ0n) is 11.3. The van der Waals surface area contributed by atoms with Crippen molar-refractivity contribution in [3.05, 3.63) is 35.9 Å². The Morgan fingerprint density at radius 2 is 1.84 bits per heavy atom. The summed E-state index contributed by atoms with van der Waals surface area (Å²) in [6.07, 6.45) is 1.29. The Bertz CT molecular complexity index is 420. The number of amides is 2. The third-order valence-electron chi connectivity index (χ3n) is 2.92. The quantitative estimate of drug-likeness (QED) is 0.685. The van der Waals surface area contributed by atoms with Gasteiger partial charge < -0.3 is 16.4 Å². The number of carbonyl (C=O) groups is 2. The molecule has 0 spiro atoms. The summed E-state index contributed by atoms with van der Waals surface area (Å²) in [6.45, 7) is 1.63. The molecule has 5 nitrogen and oxygen atoms in total. The van der Waals surface area contributed by atoms with Crippen LogP contribution in [-0.4, -0.2) is 30.9 Å². The van der Waals surface area contributed by atoms with Crippen molar-refractivity contribution in [2.24, 2.45) is 5.73 Å². The Labute approximate surface area is 113 Å². The van der Waals surface area contributed by atoms with Crippen molar-refractivity contribution in [2.75, 3.05) is 7.05 Å². The van der Waals surface area contributed by atoms with E-state index in [1.807, 2.05) is 30.3 Å². The van der Waals surface area contributed by atoms with Gasteiger partial charge in [-0.05, 0) is 25.3 Å². The fraction of sp³-hybridized carbons (Fsp3) is 0.429. The molecule has 0 heterocycles. The van der Waals surface area contributed by atoms with E-state index in [9.17, 15) is 9.59 Å². The van der Waals surface area contributed by atoms with Crippen molar-refractivity contribution in [3.63, 3.8) is 0 Å². The molecule has 0 aliphatic rings. The van der Waals surface area contributed by atoms with Crippen LogP contribution in [0.15, 0.2) is 30.3 Å². The van der Waals surface area contributed by atoms with Crippen LogP contribution in [0, 0.1) is 0 Å². The highest BCUT2D eigenvalue weighted by Crippen LogP contribution is 2.04. The SMILES string of the molecule is CNC(=O)C(C)NC(=O)C(N)CCc1ccccc1. The molecule has 1 aromatic carbocycles. The summed E-state index contributed by atoms with van der Waals surface area (Å²) >= 11 is 0. The molecule has 0 radical (unpaired) electrons. The molecule has 0 aromatic heterocycles. The number of nitrogens with one attached hydrogen (secondary N) is 2. The number of nitrogens with two attached hydrogens (primary N) is 1. The van der Waals surface area contributed by atoms with Gasteiger partial charge >= 0.3 is 0 Å². The zero-order valence-corrected chi connectivity index (χ0v) is 11.3. The number of aryl methyl sites for hydroxylation is 1. The highest BCUT2D eigenvalue weighted by atomic mass is 16.2. The molecule has 0 bridgehead atoms. The maximum absolute atomic E-state index is 11.8. The summed E-state index contributed by atoms with van der Waals surface area (Å²) in [5, 5.41) is 5.06. The molecule has 4 N–H and O–H groups in total. The van der Waals surface area contributed by atoms with Crippen molar-refractivity contribution < 1.29 is 9.59 Å². The van der Waals surface area contributed by atoms with Crippen LogP contribution in [0.1, 0.15) is 18.9 Å². The second kappa shape index (κ2) is 7.53. The van der Waals surface area contributed by atoms with Crippen LogP contribution in [0.3, 0.4) is 0 Å². The summed E-state index contributed by atoms with van der Waals surface area (Å²) < 4.78 is 0. The van der Waals surface area contributed by atoms with E-state index in [0.29, 0.717) is 6.42 Å². The van der Waals surface area contributed by atoms with Gasteiger partial charge in [-0.2, -0.15) is 0 Å². The largest absolute Gasteiger partial charge is 0.357 e. The molecule has 0 aliphatic heterocycles. The van der Waals surface area contributed by atoms with Crippen molar-refractivity contribution >= 4 is 11.8 Å². The van der Waals surface area contributed by atoms with E-state index in [-0.39, 0.29) is 11.8 Å². The first-order valence-corrected chi connectivity index (χ1v) is 6.36. The number of carbonyl (C=O) groups excluding carboxylic acids is 2. The molecule has 1 rings (SSSR count). The van der Waals surface area contributed by atoms with Crippen LogP contribution >= 0.6 is 0 Å². The second-order valence-electron chi connectivity index (χ2n) is 4.48. The zero-order chi connectivity index (χ0) is 14.3. The Morgan fingerprint density at radius 1 is 1.21 bits per heavy atom. The monoisotopic (exact) mass is 263 g/mol. The van der Waals surface area contributed by atoms with Crippen LogP contribution in [0.25, 0.3) is 0 Å². The summed E-state index contributed by atoms with van der Waals surface area (Å²) in [7, 11) is 1.53. The Hall–Kier alpha value is -1.88. The fourth-order valence-corrected chi connectivity index (χ4v) is 1.70. The van der Waals surface area contributed by atoms with Crippen molar-refractivity contribution in [1.29, 1.82) is 0 Å². The lowest BCUT2D eigenvalue weighted by atomic mass is 10.1. The van der Waals surface area contributed by atoms with Gasteiger partial charge in [0.05, 0.1) is 6.04 Å². The topological polar surface area (TPSA) is 84.2 Å². The Balaban J connectivity index is 2.39. The molecule has 104 valence electrons. The normalized spacial score (nSPS) is 13.4. The van der Waals surface area contributed by atoms with E-state index in [1.165, 1.54) is 7.05 Å². The molecule has 1 aromatic rings. The average Bonchev–Trinajstić information content (AvgIpc) is 2.44. The Kier molecular flexibility index (Phi) is 6.02. The minimum atomic E-state index is -0.604. The highest BCUT2D eigenvalue weighted by Gasteiger charge is 2.18. The van der Waals surface area contributed by atoms with Crippen LogP contribution in [-0.2, 0) is 16.0 Å². The van der Waals surface area contributed by atoms with Gasteiger partial charge in [-0.3, -0.25) is 9.59 Å². The Morgan fingerprint density at radius 3 is 2.42 bits per heavy atom. The van der Waals surface area contributed by atoms with E-state index in [4.69, 9.17) is 5.73 Å². The third kappa shape index (κ3) is 5.09. The lowest BCUT2D eigenvalue weighted by Crippen LogP contribution is -2.49. The number of rotatable bonds is 6. The molecule has 2 unspecified atom stereocenters. The number of likely N-dealkylation sites (N-methyl/N-ethyl adjacent to an activating group) is 1. The maximum Gasteiger partial charge on any atom is 0.242 e. The van der Waals surface area contributed by atoms with Gasteiger partial charge in [-0.15, -0.1) is 0 Å². The molecule has 0 saturated heterocycles. The lowest BCUT2D eigenvalue weighted by Gasteiger charge is -2.16. The molecular weight excluding hydrogens is 242 g/mol. The predicted molar refractivity (Wildman–Crippen MR) is 74.4 cm³/mol. The van der Waals surface area contributed by atoms with Gasteiger partial charge in [0.1, 0.15) is 6.04 Å². The van der Waals surface area contributed by atoms with E-state index in [1.54, 1.807) is 6.92 Å². The van der Waals surface area contributed by atoms with Gasteiger partial charge in [0.2, 0.25) is 11.8 Å². The first-order valence-electron chi connectivity index (χ1n) is 6.36. The molecule has 0 aliphatic carbocycles. The summed E-state index contributed by atoms with van der Waals surface area (Å²) in [5.74, 6) is -0.532. The predicted octanol–water partition coefficient (Wildman–Crippen LogP) is 0.197. The standard InChI is InChI=1S/C14H21N3O2/c1-10(13(18)16-2)17-14(19)12(15)9-8-11-6-4-3-5-7-11/h3-7,10,12H,8-9,15H2,1-2H3,(H,16,18)(H,17,19). The molecular formula is C14H21N3O2.